The van der Waals surface area contributed by atoms with Crippen molar-refractivity contribution in [3.63, 3.8) is 0 Å². The summed E-state index contributed by atoms with van der Waals surface area (Å²) < 4.78 is 5.59. The lowest BCUT2D eigenvalue weighted by molar-refractivity contribution is -0.165. The van der Waals surface area contributed by atoms with E-state index >= 15 is 0 Å². The molecule has 0 bridgehead atoms. The largest absolute Gasteiger partial charge is 0.462 e. The Morgan fingerprint density at radius 1 is 1.00 bits per heavy atom. The molecular formula is C15H30O2. The first-order valence-electron chi connectivity index (χ1n) is 6.47. The lowest BCUT2D eigenvalue weighted by Gasteiger charge is -2.34. The Hall–Kier alpha value is -0.530. The van der Waals surface area contributed by atoms with E-state index in [-0.39, 0.29) is 22.9 Å². The highest BCUT2D eigenvalue weighted by atomic mass is 16.5. The van der Waals surface area contributed by atoms with E-state index in [4.69, 9.17) is 4.74 Å². The summed E-state index contributed by atoms with van der Waals surface area (Å²) in [6, 6.07) is 0. The summed E-state index contributed by atoms with van der Waals surface area (Å²) in [5.41, 5.74) is -0.293. The molecule has 17 heavy (non-hydrogen) atoms. The van der Waals surface area contributed by atoms with Crippen LogP contribution in [0.1, 0.15) is 68.7 Å². The number of hydrogen-bond acceptors (Lipinski definition) is 2. The van der Waals surface area contributed by atoms with Crippen LogP contribution in [0.15, 0.2) is 0 Å². The summed E-state index contributed by atoms with van der Waals surface area (Å²) in [6.45, 7) is 18.6. The number of carbonyl (C=O) groups excluding carboxylic acids is 1. The van der Waals surface area contributed by atoms with Crippen LogP contribution in [-0.2, 0) is 9.53 Å². The standard InChI is InChI=1S/C15H30O2/c1-11(14(5,6)7)17-12(16)15(8,9)10-13(2,3)4/h11H,10H2,1-9H3. The second-order valence-corrected chi connectivity index (χ2v) is 8.03. The van der Waals surface area contributed by atoms with E-state index in [1.165, 1.54) is 0 Å². The van der Waals surface area contributed by atoms with Gasteiger partial charge >= 0.3 is 5.97 Å². The third kappa shape index (κ3) is 6.09. The van der Waals surface area contributed by atoms with Gasteiger partial charge in [0.25, 0.3) is 0 Å². The summed E-state index contributed by atoms with van der Waals surface area (Å²) in [7, 11) is 0. The number of ether oxygens (including phenoxy) is 1. The maximum atomic E-state index is 12.2. The van der Waals surface area contributed by atoms with Gasteiger partial charge in [-0.25, -0.2) is 0 Å². The average Bonchev–Trinajstić information content (AvgIpc) is 1.96. The average molecular weight is 242 g/mol. The minimum Gasteiger partial charge on any atom is -0.462 e. The Morgan fingerprint density at radius 2 is 1.41 bits per heavy atom. The van der Waals surface area contributed by atoms with Crippen LogP contribution in [0.2, 0.25) is 0 Å². The zero-order valence-corrected chi connectivity index (χ0v) is 13.1. The van der Waals surface area contributed by atoms with Crippen LogP contribution in [0.5, 0.6) is 0 Å². The first kappa shape index (κ1) is 16.5. The Bertz CT molecular complexity index is 264. The molecule has 2 nitrogen and oxygen atoms in total. The van der Waals surface area contributed by atoms with E-state index in [1.54, 1.807) is 0 Å². The molecule has 0 saturated heterocycles. The monoisotopic (exact) mass is 242 g/mol. The molecule has 0 aromatic carbocycles. The lowest BCUT2D eigenvalue weighted by atomic mass is 9.76. The van der Waals surface area contributed by atoms with Crippen LogP contribution >= 0.6 is 0 Å². The Labute approximate surface area is 107 Å². The molecule has 0 heterocycles. The fourth-order valence-electron chi connectivity index (χ4n) is 1.89. The van der Waals surface area contributed by atoms with Crippen molar-refractivity contribution in [2.75, 3.05) is 0 Å². The van der Waals surface area contributed by atoms with Gasteiger partial charge in [-0.15, -0.1) is 0 Å². The van der Waals surface area contributed by atoms with Gasteiger partial charge in [-0.1, -0.05) is 41.5 Å². The zero-order valence-electron chi connectivity index (χ0n) is 13.1. The van der Waals surface area contributed by atoms with E-state index < -0.39 is 5.41 Å². The minimum atomic E-state index is -0.419. The van der Waals surface area contributed by atoms with Crippen molar-refractivity contribution >= 4 is 5.97 Å². The van der Waals surface area contributed by atoms with Crippen molar-refractivity contribution in [2.45, 2.75) is 74.8 Å². The van der Waals surface area contributed by atoms with Gasteiger partial charge in [0.1, 0.15) is 6.10 Å². The quantitative estimate of drug-likeness (QED) is 0.684. The highest BCUT2D eigenvalue weighted by Gasteiger charge is 2.36. The molecule has 0 saturated carbocycles. The van der Waals surface area contributed by atoms with Gasteiger partial charge < -0.3 is 4.74 Å². The van der Waals surface area contributed by atoms with Crippen LogP contribution in [0, 0.1) is 16.2 Å². The summed E-state index contributed by atoms with van der Waals surface area (Å²) in [5, 5.41) is 0. The molecule has 0 N–H and O–H groups in total. The topological polar surface area (TPSA) is 26.3 Å². The highest BCUT2D eigenvalue weighted by molar-refractivity contribution is 5.76. The van der Waals surface area contributed by atoms with Crippen LogP contribution in [0.25, 0.3) is 0 Å². The molecule has 1 unspecified atom stereocenters. The van der Waals surface area contributed by atoms with Crippen molar-refractivity contribution in [3.8, 4) is 0 Å². The smallest absolute Gasteiger partial charge is 0.311 e. The van der Waals surface area contributed by atoms with E-state index in [0.717, 1.165) is 6.42 Å². The Kier molecular flexibility index (Phi) is 4.84. The van der Waals surface area contributed by atoms with Gasteiger partial charge in [0.15, 0.2) is 0 Å². The molecular weight excluding hydrogens is 212 g/mol. The van der Waals surface area contributed by atoms with E-state index in [1.807, 2.05) is 20.8 Å². The fraction of sp³-hybridized carbons (Fsp3) is 0.933. The summed E-state index contributed by atoms with van der Waals surface area (Å²) in [5.74, 6) is -0.0881. The van der Waals surface area contributed by atoms with Gasteiger partial charge in [0, 0.05) is 0 Å². The third-order valence-electron chi connectivity index (χ3n) is 3.03. The van der Waals surface area contributed by atoms with Crippen molar-refractivity contribution in [2.24, 2.45) is 16.2 Å². The van der Waals surface area contributed by atoms with Crippen molar-refractivity contribution < 1.29 is 9.53 Å². The molecule has 0 aliphatic carbocycles. The minimum absolute atomic E-state index is 0.00648. The fourth-order valence-corrected chi connectivity index (χ4v) is 1.89. The highest BCUT2D eigenvalue weighted by Crippen LogP contribution is 2.35. The maximum Gasteiger partial charge on any atom is 0.311 e. The molecule has 102 valence electrons. The first-order chi connectivity index (χ1) is 7.26. The molecule has 0 aliphatic heterocycles. The zero-order chi connectivity index (χ0) is 14.1. The second-order valence-electron chi connectivity index (χ2n) is 8.03. The second kappa shape index (κ2) is 4.99. The molecule has 2 heteroatoms. The van der Waals surface area contributed by atoms with Gasteiger partial charge in [-0.05, 0) is 38.0 Å². The van der Waals surface area contributed by atoms with Crippen LogP contribution in [0.3, 0.4) is 0 Å². The number of rotatable bonds is 3. The van der Waals surface area contributed by atoms with Crippen molar-refractivity contribution in [1.29, 1.82) is 0 Å². The third-order valence-corrected chi connectivity index (χ3v) is 3.03. The van der Waals surface area contributed by atoms with Gasteiger partial charge in [-0.3, -0.25) is 4.79 Å². The molecule has 0 amide bonds. The molecule has 0 radical (unpaired) electrons. The molecule has 0 rings (SSSR count). The summed E-state index contributed by atoms with van der Waals surface area (Å²) in [4.78, 5) is 12.2. The van der Waals surface area contributed by atoms with E-state index in [9.17, 15) is 4.79 Å². The predicted molar refractivity (Wildman–Crippen MR) is 72.9 cm³/mol. The van der Waals surface area contributed by atoms with Crippen molar-refractivity contribution in [1.82, 2.24) is 0 Å². The molecule has 0 aromatic rings. The molecule has 1 atom stereocenters. The molecule has 0 aliphatic rings. The number of hydrogen-bond donors (Lipinski definition) is 0. The summed E-state index contributed by atoms with van der Waals surface area (Å²) in [6.07, 6.45) is 0.768. The van der Waals surface area contributed by atoms with Crippen LogP contribution in [-0.4, -0.2) is 12.1 Å². The molecule has 0 aromatic heterocycles. The Morgan fingerprint density at radius 3 is 1.71 bits per heavy atom. The normalized spacial score (nSPS) is 15.6. The van der Waals surface area contributed by atoms with Crippen LogP contribution in [0.4, 0.5) is 0 Å². The van der Waals surface area contributed by atoms with Gasteiger partial charge in [0.05, 0.1) is 5.41 Å². The SMILES string of the molecule is CC(OC(=O)C(C)(C)CC(C)(C)C)C(C)(C)C. The lowest BCUT2D eigenvalue weighted by Crippen LogP contribution is -2.37. The van der Waals surface area contributed by atoms with E-state index in [2.05, 4.69) is 41.5 Å². The molecule has 0 spiro atoms. The number of esters is 1. The number of carbonyl (C=O) groups is 1. The van der Waals surface area contributed by atoms with Gasteiger partial charge in [-0.2, -0.15) is 0 Å². The van der Waals surface area contributed by atoms with E-state index in [0.29, 0.717) is 0 Å². The maximum absolute atomic E-state index is 12.2. The van der Waals surface area contributed by atoms with Crippen molar-refractivity contribution in [3.05, 3.63) is 0 Å². The first-order valence-corrected chi connectivity index (χ1v) is 6.47. The predicted octanol–water partition coefficient (Wildman–Crippen LogP) is 4.43. The summed E-state index contributed by atoms with van der Waals surface area (Å²) >= 11 is 0. The van der Waals surface area contributed by atoms with Crippen LogP contribution < -0.4 is 0 Å². The molecule has 0 fully saturated rings. The Balaban J connectivity index is 4.61. The van der Waals surface area contributed by atoms with Gasteiger partial charge in [0.2, 0.25) is 0 Å².